The molecule has 0 saturated heterocycles. The minimum Gasteiger partial charge on any atom is -0.331 e. The van der Waals surface area contributed by atoms with E-state index in [9.17, 15) is 4.79 Å². The minimum atomic E-state index is -0.108. The van der Waals surface area contributed by atoms with Crippen LogP contribution in [0.5, 0.6) is 0 Å². The van der Waals surface area contributed by atoms with Crippen LogP contribution in [0.15, 0.2) is 24.3 Å². The van der Waals surface area contributed by atoms with Crippen molar-refractivity contribution in [3.8, 4) is 12.3 Å². The maximum atomic E-state index is 12.5. The quantitative estimate of drug-likeness (QED) is 0.812. The first-order chi connectivity index (χ1) is 8.77. The second-order valence-electron chi connectivity index (χ2n) is 4.44. The fraction of sp³-hybridized carbons (Fsp3) is 0.400. The zero-order valence-electron chi connectivity index (χ0n) is 10.6. The van der Waals surface area contributed by atoms with Crippen molar-refractivity contribution in [2.24, 2.45) is 0 Å². The third-order valence-electron chi connectivity index (χ3n) is 3.37. The van der Waals surface area contributed by atoms with Gasteiger partial charge >= 0.3 is 0 Å². The highest BCUT2D eigenvalue weighted by molar-refractivity contribution is 5.85. The van der Waals surface area contributed by atoms with Gasteiger partial charge < -0.3 is 10.2 Å². The molecule has 1 aliphatic heterocycles. The molecule has 0 bridgehead atoms. The Morgan fingerprint density at radius 3 is 3.06 bits per heavy atom. The van der Waals surface area contributed by atoms with Crippen LogP contribution in [0.1, 0.15) is 24.0 Å². The lowest BCUT2D eigenvalue weighted by Crippen LogP contribution is -2.41. The first-order valence-corrected chi connectivity index (χ1v) is 6.28. The van der Waals surface area contributed by atoms with Gasteiger partial charge in [-0.05, 0) is 18.1 Å². The van der Waals surface area contributed by atoms with Crippen LogP contribution in [0.3, 0.4) is 0 Å². The van der Waals surface area contributed by atoms with Crippen LogP contribution in [0.25, 0.3) is 0 Å². The number of nitrogens with one attached hydrogen (secondary N) is 1. The molecule has 3 heteroatoms. The summed E-state index contributed by atoms with van der Waals surface area (Å²) in [7, 11) is 0. The van der Waals surface area contributed by atoms with Crippen LogP contribution in [0, 0.1) is 12.3 Å². The van der Waals surface area contributed by atoms with Crippen molar-refractivity contribution in [3.05, 3.63) is 35.4 Å². The second kappa shape index (κ2) is 5.70. The Kier molecular flexibility index (Phi) is 4.01. The Hall–Kier alpha value is -1.79. The molecule has 1 unspecified atom stereocenters. The van der Waals surface area contributed by atoms with Crippen molar-refractivity contribution in [2.75, 3.05) is 19.6 Å². The van der Waals surface area contributed by atoms with Crippen LogP contribution >= 0.6 is 0 Å². The molecule has 0 radical (unpaired) electrons. The van der Waals surface area contributed by atoms with Crippen LogP contribution in [-0.2, 0) is 11.3 Å². The molecule has 94 valence electrons. The van der Waals surface area contributed by atoms with Crippen molar-refractivity contribution in [3.63, 3.8) is 0 Å². The molecule has 0 saturated carbocycles. The van der Waals surface area contributed by atoms with Crippen LogP contribution in [0.4, 0.5) is 0 Å². The smallest absolute Gasteiger partial charge is 0.232 e. The molecule has 1 heterocycles. The monoisotopic (exact) mass is 242 g/mol. The van der Waals surface area contributed by atoms with Crippen molar-refractivity contribution in [1.29, 1.82) is 0 Å². The van der Waals surface area contributed by atoms with E-state index in [1.165, 1.54) is 5.56 Å². The summed E-state index contributed by atoms with van der Waals surface area (Å²) in [6.07, 6.45) is 5.31. The Balaban J connectivity index is 2.25. The van der Waals surface area contributed by atoms with E-state index < -0.39 is 0 Å². The third-order valence-corrected chi connectivity index (χ3v) is 3.37. The maximum Gasteiger partial charge on any atom is 0.232 e. The van der Waals surface area contributed by atoms with Crippen LogP contribution in [0.2, 0.25) is 0 Å². The van der Waals surface area contributed by atoms with Gasteiger partial charge in [-0.1, -0.05) is 30.2 Å². The highest BCUT2D eigenvalue weighted by Gasteiger charge is 2.28. The first-order valence-electron chi connectivity index (χ1n) is 6.28. The topological polar surface area (TPSA) is 32.3 Å². The number of rotatable bonds is 3. The number of carbonyl (C=O) groups is 1. The molecule has 0 aliphatic carbocycles. The van der Waals surface area contributed by atoms with Gasteiger partial charge in [0.25, 0.3) is 0 Å². The number of amides is 1. The molecule has 2 rings (SSSR count). The van der Waals surface area contributed by atoms with Gasteiger partial charge in [0.2, 0.25) is 5.91 Å². The number of hydrogen-bond acceptors (Lipinski definition) is 2. The van der Waals surface area contributed by atoms with Gasteiger partial charge in [0.1, 0.15) is 0 Å². The molecule has 0 spiro atoms. The lowest BCUT2D eigenvalue weighted by Gasteiger charge is -2.29. The molecule has 1 aromatic carbocycles. The molecule has 0 fully saturated rings. The van der Waals surface area contributed by atoms with Gasteiger partial charge in [-0.2, -0.15) is 0 Å². The summed E-state index contributed by atoms with van der Waals surface area (Å²) in [5, 5.41) is 3.29. The SMILES string of the molecule is C#CCN(CC)C(=O)C1CNCc2ccccc21. The summed E-state index contributed by atoms with van der Waals surface area (Å²) in [6.45, 7) is 4.52. The maximum absolute atomic E-state index is 12.5. The molecular weight excluding hydrogens is 224 g/mol. The Morgan fingerprint density at radius 2 is 2.33 bits per heavy atom. The molecule has 1 atom stereocenters. The second-order valence-corrected chi connectivity index (χ2v) is 4.44. The number of fused-ring (bicyclic) bond motifs is 1. The van der Waals surface area contributed by atoms with E-state index in [-0.39, 0.29) is 11.8 Å². The summed E-state index contributed by atoms with van der Waals surface area (Å²) in [4.78, 5) is 14.2. The van der Waals surface area contributed by atoms with Crippen molar-refractivity contribution >= 4 is 5.91 Å². The van der Waals surface area contributed by atoms with Crippen LogP contribution in [-0.4, -0.2) is 30.4 Å². The summed E-state index contributed by atoms with van der Waals surface area (Å²) in [5.74, 6) is 2.56. The summed E-state index contributed by atoms with van der Waals surface area (Å²) < 4.78 is 0. The predicted octanol–water partition coefficient (Wildman–Crippen LogP) is 1.36. The van der Waals surface area contributed by atoms with Gasteiger partial charge in [0.05, 0.1) is 12.5 Å². The number of nitrogens with zero attached hydrogens (tertiary/aromatic N) is 1. The van der Waals surface area contributed by atoms with E-state index in [0.717, 1.165) is 12.1 Å². The molecule has 1 aromatic rings. The lowest BCUT2D eigenvalue weighted by atomic mass is 9.90. The minimum absolute atomic E-state index is 0.108. The van der Waals surface area contributed by atoms with Gasteiger partial charge in [0, 0.05) is 19.6 Å². The Bertz CT molecular complexity index is 476. The number of likely N-dealkylation sites (N-methyl/N-ethyl adjacent to an activating group) is 1. The summed E-state index contributed by atoms with van der Waals surface area (Å²) >= 11 is 0. The zero-order valence-corrected chi connectivity index (χ0v) is 10.6. The average Bonchev–Trinajstić information content (AvgIpc) is 2.43. The van der Waals surface area contributed by atoms with Crippen molar-refractivity contribution in [2.45, 2.75) is 19.4 Å². The standard InChI is InChI=1S/C15H18N2O/c1-3-9-17(4-2)15(18)14-11-16-10-12-7-5-6-8-13(12)14/h1,5-8,14,16H,4,9-11H2,2H3. The summed E-state index contributed by atoms with van der Waals surface area (Å²) in [6, 6.07) is 8.11. The first kappa shape index (κ1) is 12.7. The van der Waals surface area contributed by atoms with E-state index >= 15 is 0 Å². The lowest BCUT2D eigenvalue weighted by molar-refractivity contribution is -0.132. The van der Waals surface area contributed by atoms with Crippen LogP contribution < -0.4 is 5.32 Å². The predicted molar refractivity (Wildman–Crippen MR) is 72.0 cm³/mol. The number of terminal acetylenes is 1. The average molecular weight is 242 g/mol. The van der Waals surface area contributed by atoms with E-state index in [4.69, 9.17) is 6.42 Å². The van der Waals surface area contributed by atoms with Gasteiger partial charge in [-0.15, -0.1) is 6.42 Å². The molecule has 1 amide bonds. The molecule has 3 nitrogen and oxygen atoms in total. The number of hydrogen-bond donors (Lipinski definition) is 1. The normalized spacial score (nSPS) is 17.7. The fourth-order valence-corrected chi connectivity index (χ4v) is 2.39. The molecule has 0 aromatic heterocycles. The van der Waals surface area contributed by atoms with E-state index in [2.05, 4.69) is 17.3 Å². The number of benzene rings is 1. The van der Waals surface area contributed by atoms with Gasteiger partial charge in [-0.3, -0.25) is 4.79 Å². The zero-order chi connectivity index (χ0) is 13.0. The van der Waals surface area contributed by atoms with E-state index in [1.807, 2.05) is 25.1 Å². The molecule has 1 aliphatic rings. The van der Waals surface area contributed by atoms with Crippen molar-refractivity contribution < 1.29 is 4.79 Å². The van der Waals surface area contributed by atoms with Gasteiger partial charge in [0.15, 0.2) is 0 Å². The highest BCUT2D eigenvalue weighted by Crippen LogP contribution is 2.25. The molecular formula is C15H18N2O. The van der Waals surface area contributed by atoms with E-state index in [0.29, 0.717) is 19.6 Å². The third kappa shape index (κ3) is 2.39. The fourth-order valence-electron chi connectivity index (χ4n) is 2.39. The Morgan fingerprint density at radius 1 is 1.56 bits per heavy atom. The molecule has 18 heavy (non-hydrogen) atoms. The largest absolute Gasteiger partial charge is 0.331 e. The Labute approximate surface area is 108 Å². The van der Waals surface area contributed by atoms with Gasteiger partial charge in [-0.25, -0.2) is 0 Å². The molecule has 1 N–H and O–H groups in total. The highest BCUT2D eigenvalue weighted by atomic mass is 16.2. The van der Waals surface area contributed by atoms with E-state index in [1.54, 1.807) is 4.90 Å². The van der Waals surface area contributed by atoms with Crippen molar-refractivity contribution in [1.82, 2.24) is 10.2 Å². The number of carbonyl (C=O) groups excluding carboxylic acids is 1. The summed E-state index contributed by atoms with van der Waals surface area (Å²) in [5.41, 5.74) is 2.34.